The lowest BCUT2D eigenvalue weighted by molar-refractivity contribution is -0.137. The van der Waals surface area contributed by atoms with E-state index in [9.17, 15) is 26.0 Å². The number of rotatable bonds is 6. The van der Waals surface area contributed by atoms with Crippen molar-refractivity contribution in [3.63, 3.8) is 0 Å². The molecule has 2 aliphatic heterocycles. The molecule has 2 aliphatic rings. The van der Waals surface area contributed by atoms with E-state index in [1.807, 2.05) is 0 Å². The highest BCUT2D eigenvalue weighted by Gasteiger charge is 2.33. The summed E-state index contributed by atoms with van der Waals surface area (Å²) >= 11 is 6.22. The number of ether oxygens (including phenoxy) is 3. The Morgan fingerprint density at radius 3 is 2.56 bits per heavy atom. The van der Waals surface area contributed by atoms with Crippen molar-refractivity contribution in [2.75, 3.05) is 26.4 Å². The number of hydrogen-bond acceptors (Lipinski definition) is 6. The van der Waals surface area contributed by atoms with Crippen molar-refractivity contribution in [2.45, 2.75) is 36.6 Å². The summed E-state index contributed by atoms with van der Waals surface area (Å²) in [5.74, 6) is -0.00882. The van der Waals surface area contributed by atoms with E-state index < -0.39 is 27.6 Å². The van der Waals surface area contributed by atoms with Crippen LogP contribution in [0.15, 0.2) is 53.6 Å². The minimum Gasteiger partial charge on any atom is -0.488 e. The summed E-state index contributed by atoms with van der Waals surface area (Å²) in [6.45, 7) is 0.670. The molecule has 0 N–H and O–H groups in total. The van der Waals surface area contributed by atoms with Gasteiger partial charge in [-0.2, -0.15) is 17.5 Å². The average molecular weight is 587 g/mol. The van der Waals surface area contributed by atoms with Crippen molar-refractivity contribution >= 4 is 21.6 Å². The van der Waals surface area contributed by atoms with Crippen molar-refractivity contribution in [2.24, 2.45) is 0 Å². The molecule has 39 heavy (non-hydrogen) atoms. The van der Waals surface area contributed by atoms with Gasteiger partial charge in [-0.05, 0) is 55.3 Å². The highest BCUT2D eigenvalue weighted by Crippen LogP contribution is 2.41. The zero-order valence-electron chi connectivity index (χ0n) is 20.4. The van der Waals surface area contributed by atoms with Gasteiger partial charge in [0.2, 0.25) is 10.0 Å². The minimum atomic E-state index is -4.62. The second-order valence-corrected chi connectivity index (χ2v) is 11.4. The molecule has 0 saturated carbocycles. The van der Waals surface area contributed by atoms with E-state index in [1.165, 1.54) is 16.4 Å². The number of aromatic nitrogens is 1. The molecule has 2 aromatic carbocycles. The third-order valence-electron chi connectivity index (χ3n) is 6.41. The number of hydrogen-bond donors (Lipinski definition) is 0. The number of sulfonamides is 1. The van der Waals surface area contributed by atoms with Crippen LogP contribution in [0.1, 0.15) is 24.0 Å². The smallest absolute Gasteiger partial charge is 0.417 e. The van der Waals surface area contributed by atoms with Gasteiger partial charge in [0, 0.05) is 37.0 Å². The van der Waals surface area contributed by atoms with Crippen LogP contribution in [0.5, 0.6) is 11.5 Å². The first-order valence-corrected chi connectivity index (χ1v) is 13.9. The first-order valence-electron chi connectivity index (χ1n) is 12.1. The molecule has 3 heterocycles. The largest absolute Gasteiger partial charge is 0.488 e. The predicted molar refractivity (Wildman–Crippen MR) is 134 cm³/mol. The third kappa shape index (κ3) is 5.98. The fourth-order valence-electron chi connectivity index (χ4n) is 4.43. The van der Waals surface area contributed by atoms with Crippen LogP contribution < -0.4 is 9.47 Å². The fourth-order valence-corrected chi connectivity index (χ4v) is 6.11. The molecule has 0 aliphatic carbocycles. The van der Waals surface area contributed by atoms with Gasteiger partial charge in [0.15, 0.2) is 11.5 Å². The Morgan fingerprint density at radius 1 is 1.13 bits per heavy atom. The molecule has 5 rings (SSSR count). The Balaban J connectivity index is 1.55. The Morgan fingerprint density at radius 2 is 1.90 bits per heavy atom. The third-order valence-corrected chi connectivity index (χ3v) is 8.56. The molecule has 1 aromatic heterocycles. The summed E-state index contributed by atoms with van der Waals surface area (Å²) in [4.78, 5) is 3.86. The molecule has 1 fully saturated rings. The number of nitrogens with zero attached hydrogens (tertiary/aromatic N) is 2. The maximum absolute atomic E-state index is 13.4. The number of fused-ring (bicyclic) bond motifs is 1. The van der Waals surface area contributed by atoms with E-state index in [2.05, 4.69) is 4.98 Å². The zero-order chi connectivity index (χ0) is 27.8. The van der Waals surface area contributed by atoms with E-state index in [4.69, 9.17) is 25.8 Å². The summed E-state index contributed by atoms with van der Waals surface area (Å²) in [5.41, 5.74) is -0.220. The molecule has 208 valence electrons. The molecule has 13 heteroatoms. The van der Waals surface area contributed by atoms with Gasteiger partial charge >= 0.3 is 6.18 Å². The molecule has 7 nitrogen and oxygen atoms in total. The van der Waals surface area contributed by atoms with Crippen LogP contribution in [0.3, 0.4) is 0 Å². The van der Waals surface area contributed by atoms with E-state index in [1.54, 1.807) is 12.1 Å². The first-order chi connectivity index (χ1) is 18.5. The zero-order valence-corrected chi connectivity index (χ0v) is 22.0. The maximum Gasteiger partial charge on any atom is 0.417 e. The Hall–Kier alpha value is -2.93. The van der Waals surface area contributed by atoms with Gasteiger partial charge in [-0.3, -0.25) is 4.98 Å². The van der Waals surface area contributed by atoms with Crippen molar-refractivity contribution in [1.82, 2.24) is 9.29 Å². The molecule has 1 unspecified atom stereocenters. The quantitative estimate of drug-likeness (QED) is 0.345. The van der Waals surface area contributed by atoms with Gasteiger partial charge in [-0.1, -0.05) is 11.6 Å². The maximum atomic E-state index is 13.4. The van der Waals surface area contributed by atoms with Gasteiger partial charge in [0.25, 0.3) is 0 Å². The Bertz CT molecular complexity index is 1460. The number of alkyl halides is 3. The van der Waals surface area contributed by atoms with Crippen LogP contribution in [0.2, 0.25) is 5.02 Å². The van der Waals surface area contributed by atoms with Gasteiger partial charge in [-0.25, -0.2) is 12.8 Å². The van der Waals surface area contributed by atoms with Crippen LogP contribution >= 0.6 is 11.6 Å². The van der Waals surface area contributed by atoms with E-state index in [-0.39, 0.29) is 53.8 Å². The highest BCUT2D eigenvalue weighted by molar-refractivity contribution is 7.89. The normalized spacial score (nSPS) is 18.3. The monoisotopic (exact) mass is 586 g/mol. The first kappa shape index (κ1) is 27.6. The summed E-state index contributed by atoms with van der Waals surface area (Å²) < 4.78 is 98.4. The lowest BCUT2D eigenvalue weighted by Gasteiger charge is -2.20. The average Bonchev–Trinajstić information content (AvgIpc) is 3.31. The fraction of sp³-hybridized carbons (Fsp3) is 0.346. The van der Waals surface area contributed by atoms with Crippen LogP contribution in [0, 0.1) is 5.82 Å². The summed E-state index contributed by atoms with van der Waals surface area (Å²) in [7, 11) is -4.03. The van der Waals surface area contributed by atoms with Crippen LogP contribution in [0.4, 0.5) is 17.6 Å². The molecule has 0 amide bonds. The summed E-state index contributed by atoms with van der Waals surface area (Å²) in [6.07, 6.45) is -2.38. The van der Waals surface area contributed by atoms with Gasteiger partial charge in [0.1, 0.15) is 19.0 Å². The highest BCUT2D eigenvalue weighted by atomic mass is 35.5. The minimum absolute atomic E-state index is 0.00233. The van der Waals surface area contributed by atoms with Crippen LogP contribution in [-0.4, -0.2) is 50.2 Å². The van der Waals surface area contributed by atoms with E-state index in [0.717, 1.165) is 31.0 Å². The second kappa shape index (κ2) is 10.9. The lowest BCUT2D eigenvalue weighted by Crippen LogP contribution is -2.32. The Kier molecular flexibility index (Phi) is 7.73. The molecule has 0 radical (unpaired) electrons. The second-order valence-electron chi connectivity index (χ2n) is 9.10. The van der Waals surface area contributed by atoms with Gasteiger partial charge < -0.3 is 14.2 Å². The SMILES string of the molecule is O=S(=O)(c1ccc(F)cc1)N1CCOc2c(cc(-c3ncc(C(F)(F)F)cc3Cl)cc2OCC2CCCO2)C1. The van der Waals surface area contributed by atoms with E-state index in [0.29, 0.717) is 29.7 Å². The topological polar surface area (TPSA) is 78.0 Å². The van der Waals surface area contributed by atoms with Crippen molar-refractivity contribution < 1.29 is 40.2 Å². The van der Waals surface area contributed by atoms with Crippen LogP contribution in [-0.2, 0) is 27.5 Å². The van der Waals surface area contributed by atoms with Crippen LogP contribution in [0.25, 0.3) is 11.3 Å². The number of pyridine rings is 1. The summed E-state index contributed by atoms with van der Waals surface area (Å²) in [6, 6.07) is 8.37. The molecule has 0 spiro atoms. The van der Waals surface area contributed by atoms with Gasteiger partial charge in [-0.15, -0.1) is 0 Å². The Labute approximate surface area is 227 Å². The summed E-state index contributed by atoms with van der Waals surface area (Å²) in [5, 5.41) is -0.236. The van der Waals surface area contributed by atoms with Crippen molar-refractivity contribution in [3.8, 4) is 22.8 Å². The predicted octanol–water partition coefficient (Wildman–Crippen LogP) is 5.70. The lowest BCUT2D eigenvalue weighted by atomic mass is 10.0. The standard InChI is InChI=1S/C26H23ClF4N2O5S/c27-22-12-18(26(29,30)31)13-32-24(22)16-10-17-14-33(39(34,35)21-5-3-19(28)4-6-21)7-9-37-25(17)23(11-16)38-15-20-2-1-8-36-20/h3-6,10-13,20H,1-2,7-9,14-15H2. The van der Waals surface area contributed by atoms with Gasteiger partial charge in [0.05, 0.1) is 27.3 Å². The molecule has 1 saturated heterocycles. The number of halogens is 5. The molecule has 0 bridgehead atoms. The van der Waals surface area contributed by atoms with Crippen molar-refractivity contribution in [1.29, 1.82) is 0 Å². The van der Waals surface area contributed by atoms with E-state index >= 15 is 0 Å². The molecule has 3 aromatic rings. The molecular formula is C26H23ClF4N2O5S. The molecular weight excluding hydrogens is 564 g/mol. The van der Waals surface area contributed by atoms with Crippen molar-refractivity contribution in [3.05, 3.63) is 70.6 Å². The number of benzene rings is 2. The molecule has 1 atom stereocenters.